The number of aryl methyl sites for hydroxylation is 1. The molecule has 0 spiro atoms. The lowest BCUT2D eigenvalue weighted by molar-refractivity contribution is 0.0815. The molecule has 0 aliphatic heterocycles. The van der Waals surface area contributed by atoms with Crippen molar-refractivity contribution in [3.05, 3.63) is 89.1 Å². The molecule has 0 bridgehead atoms. The predicted octanol–water partition coefficient (Wildman–Crippen LogP) is 3.86. The number of nitrogens with one attached hydrogen (secondary N) is 2. The fourth-order valence-corrected chi connectivity index (χ4v) is 2.98. The zero-order valence-corrected chi connectivity index (χ0v) is 16.5. The van der Waals surface area contributed by atoms with E-state index in [1.54, 1.807) is 43.3 Å². The maximum Gasteiger partial charge on any atom is 0.305 e. The molecule has 2 amide bonds. The molecule has 2 N–H and O–H groups in total. The van der Waals surface area contributed by atoms with E-state index < -0.39 is 11.8 Å². The van der Waals surface area contributed by atoms with E-state index in [9.17, 15) is 9.59 Å². The monoisotopic (exact) mass is 415 g/mol. The van der Waals surface area contributed by atoms with Gasteiger partial charge in [-0.25, -0.2) is 0 Å². The first kappa shape index (κ1) is 19.8. The molecule has 0 aliphatic rings. The molecule has 0 fully saturated rings. The molecule has 4 aromatic rings. The van der Waals surface area contributed by atoms with Crippen molar-refractivity contribution in [1.29, 1.82) is 5.26 Å². The van der Waals surface area contributed by atoms with Gasteiger partial charge >= 0.3 is 11.8 Å². The van der Waals surface area contributed by atoms with E-state index in [0.29, 0.717) is 28.2 Å². The SMILES string of the molecule is Cc1c(C(=O)NNC(=O)c2ccc(COc3ccc(C#N)cc3)o2)oc2ccccc12. The Kier molecular flexibility index (Phi) is 5.41. The lowest BCUT2D eigenvalue weighted by atomic mass is 10.1. The molecule has 8 heteroatoms. The summed E-state index contributed by atoms with van der Waals surface area (Å²) in [5, 5.41) is 9.64. The summed E-state index contributed by atoms with van der Waals surface area (Å²) in [6.07, 6.45) is 0. The van der Waals surface area contributed by atoms with Crippen LogP contribution in [0.15, 0.2) is 69.5 Å². The number of benzene rings is 2. The number of hydrogen-bond acceptors (Lipinski definition) is 6. The van der Waals surface area contributed by atoms with E-state index in [1.165, 1.54) is 6.07 Å². The van der Waals surface area contributed by atoms with E-state index in [4.69, 9.17) is 18.8 Å². The molecule has 2 aromatic carbocycles. The second-order valence-corrected chi connectivity index (χ2v) is 6.65. The van der Waals surface area contributed by atoms with E-state index in [-0.39, 0.29) is 18.1 Å². The summed E-state index contributed by atoms with van der Waals surface area (Å²) in [6.45, 7) is 1.87. The number of hydrogen-bond donors (Lipinski definition) is 2. The Labute approximate surface area is 177 Å². The van der Waals surface area contributed by atoms with Crippen LogP contribution in [0.4, 0.5) is 0 Å². The van der Waals surface area contributed by atoms with Gasteiger partial charge in [-0.15, -0.1) is 0 Å². The highest BCUT2D eigenvalue weighted by Crippen LogP contribution is 2.24. The van der Waals surface area contributed by atoms with Gasteiger partial charge in [0.25, 0.3) is 0 Å². The molecule has 0 saturated carbocycles. The second-order valence-electron chi connectivity index (χ2n) is 6.65. The fourth-order valence-electron chi connectivity index (χ4n) is 2.98. The van der Waals surface area contributed by atoms with Crippen molar-refractivity contribution in [2.24, 2.45) is 0 Å². The van der Waals surface area contributed by atoms with Crippen molar-refractivity contribution >= 4 is 22.8 Å². The highest BCUT2D eigenvalue weighted by Gasteiger charge is 2.19. The average Bonchev–Trinajstić information content (AvgIpc) is 3.41. The predicted molar refractivity (Wildman–Crippen MR) is 110 cm³/mol. The van der Waals surface area contributed by atoms with Crippen molar-refractivity contribution in [1.82, 2.24) is 10.9 Å². The lowest BCUT2D eigenvalue weighted by Crippen LogP contribution is -2.41. The molecule has 8 nitrogen and oxygen atoms in total. The van der Waals surface area contributed by atoms with Crippen LogP contribution in [0.2, 0.25) is 0 Å². The second kappa shape index (κ2) is 8.47. The highest BCUT2D eigenvalue weighted by molar-refractivity contribution is 6.00. The van der Waals surface area contributed by atoms with Crippen LogP contribution in [-0.2, 0) is 6.61 Å². The van der Waals surface area contributed by atoms with E-state index >= 15 is 0 Å². The highest BCUT2D eigenvalue weighted by atomic mass is 16.5. The zero-order valence-electron chi connectivity index (χ0n) is 16.5. The number of rotatable bonds is 5. The Morgan fingerprint density at radius 3 is 2.45 bits per heavy atom. The molecule has 0 saturated heterocycles. The fraction of sp³-hybridized carbons (Fsp3) is 0.0870. The normalized spacial score (nSPS) is 10.5. The van der Waals surface area contributed by atoms with Crippen LogP contribution in [-0.4, -0.2) is 11.8 Å². The van der Waals surface area contributed by atoms with Crippen LogP contribution in [0.5, 0.6) is 5.75 Å². The van der Waals surface area contributed by atoms with E-state index in [0.717, 1.165) is 5.39 Å². The Morgan fingerprint density at radius 2 is 1.71 bits per heavy atom. The Morgan fingerprint density at radius 1 is 0.968 bits per heavy atom. The Bertz CT molecular complexity index is 1290. The van der Waals surface area contributed by atoms with Crippen molar-refractivity contribution in [3.8, 4) is 11.8 Å². The van der Waals surface area contributed by atoms with Crippen molar-refractivity contribution < 1.29 is 23.2 Å². The van der Waals surface area contributed by atoms with Gasteiger partial charge in [0.05, 0.1) is 11.6 Å². The first-order valence-corrected chi connectivity index (χ1v) is 9.35. The number of amides is 2. The average molecular weight is 415 g/mol. The molecule has 31 heavy (non-hydrogen) atoms. The molecule has 0 aliphatic carbocycles. The maximum absolute atomic E-state index is 12.4. The summed E-state index contributed by atoms with van der Waals surface area (Å²) < 4.78 is 16.6. The molecule has 0 radical (unpaired) electrons. The van der Waals surface area contributed by atoms with Crippen molar-refractivity contribution in [3.63, 3.8) is 0 Å². The number of nitrogens with zero attached hydrogens (tertiary/aromatic N) is 1. The number of hydrazine groups is 1. The first-order valence-electron chi connectivity index (χ1n) is 9.35. The molecule has 0 unspecified atom stereocenters. The molecule has 2 aromatic heterocycles. The van der Waals surface area contributed by atoms with Crippen molar-refractivity contribution in [2.75, 3.05) is 0 Å². The minimum absolute atomic E-state index is 0.0139. The summed E-state index contributed by atoms with van der Waals surface area (Å²) in [4.78, 5) is 24.7. The molecular weight excluding hydrogens is 398 g/mol. The van der Waals surface area contributed by atoms with Crippen LogP contribution in [0.3, 0.4) is 0 Å². The summed E-state index contributed by atoms with van der Waals surface area (Å²) in [6, 6.07) is 19.0. The standard InChI is InChI=1S/C23H17N3O5/c1-14-18-4-2-3-5-19(18)31-21(14)23(28)26-25-22(27)20-11-10-17(30-20)13-29-16-8-6-15(12-24)7-9-16/h2-11H,13H2,1H3,(H,25,27)(H,26,28). The molecule has 2 heterocycles. The summed E-state index contributed by atoms with van der Waals surface area (Å²) >= 11 is 0. The van der Waals surface area contributed by atoms with Gasteiger partial charge in [0.2, 0.25) is 0 Å². The third kappa shape index (κ3) is 4.26. The van der Waals surface area contributed by atoms with Gasteiger partial charge in [-0.1, -0.05) is 18.2 Å². The third-order valence-corrected chi connectivity index (χ3v) is 4.59. The van der Waals surface area contributed by atoms with E-state index in [1.807, 2.05) is 24.3 Å². The quantitative estimate of drug-likeness (QED) is 0.478. The van der Waals surface area contributed by atoms with Crippen LogP contribution in [0.25, 0.3) is 11.0 Å². The first-order chi connectivity index (χ1) is 15.0. The number of carbonyl (C=O) groups excluding carboxylic acids is 2. The number of para-hydroxylation sites is 1. The number of ether oxygens (including phenoxy) is 1. The van der Waals surface area contributed by atoms with Crippen LogP contribution in [0.1, 0.15) is 38.0 Å². The maximum atomic E-state index is 12.4. The van der Waals surface area contributed by atoms with Gasteiger partial charge in [-0.2, -0.15) is 5.26 Å². The topological polar surface area (TPSA) is 118 Å². The number of carbonyl (C=O) groups is 2. The number of nitriles is 1. The number of furan rings is 2. The van der Waals surface area contributed by atoms with E-state index in [2.05, 4.69) is 10.9 Å². The smallest absolute Gasteiger partial charge is 0.305 e. The molecular formula is C23H17N3O5. The third-order valence-electron chi connectivity index (χ3n) is 4.59. The zero-order chi connectivity index (χ0) is 21.8. The Hall–Kier alpha value is -4.51. The molecule has 4 rings (SSSR count). The van der Waals surface area contributed by atoms with Crippen LogP contribution >= 0.6 is 0 Å². The summed E-state index contributed by atoms with van der Waals surface area (Å²) in [5.74, 6) is -0.0638. The van der Waals surface area contributed by atoms with Gasteiger partial charge in [0.15, 0.2) is 11.5 Å². The largest absolute Gasteiger partial charge is 0.486 e. The van der Waals surface area contributed by atoms with Crippen LogP contribution < -0.4 is 15.6 Å². The van der Waals surface area contributed by atoms with Gasteiger partial charge in [-0.3, -0.25) is 20.4 Å². The minimum Gasteiger partial charge on any atom is -0.486 e. The summed E-state index contributed by atoms with van der Waals surface area (Å²) in [7, 11) is 0. The Balaban J connectivity index is 1.33. The lowest BCUT2D eigenvalue weighted by Gasteiger charge is -2.05. The van der Waals surface area contributed by atoms with Crippen LogP contribution in [0, 0.1) is 18.3 Å². The molecule has 0 atom stereocenters. The van der Waals surface area contributed by atoms with Crippen molar-refractivity contribution in [2.45, 2.75) is 13.5 Å². The number of fused-ring (bicyclic) bond motifs is 1. The van der Waals surface area contributed by atoms with Gasteiger partial charge < -0.3 is 13.6 Å². The van der Waals surface area contributed by atoms with Gasteiger partial charge in [0.1, 0.15) is 23.7 Å². The van der Waals surface area contributed by atoms with Gasteiger partial charge in [-0.05, 0) is 49.4 Å². The minimum atomic E-state index is -0.619. The molecule has 154 valence electrons. The summed E-state index contributed by atoms with van der Waals surface area (Å²) in [5.41, 5.74) is 6.44. The van der Waals surface area contributed by atoms with Gasteiger partial charge in [0, 0.05) is 10.9 Å².